The van der Waals surface area contributed by atoms with E-state index in [0.29, 0.717) is 11.6 Å². The number of nitrogens with zero attached hydrogens (tertiary/aromatic N) is 3. The highest BCUT2D eigenvalue weighted by Crippen LogP contribution is 2.28. The molecule has 1 atom stereocenters. The lowest BCUT2D eigenvalue weighted by Crippen LogP contribution is -2.20. The van der Waals surface area contributed by atoms with Gasteiger partial charge in [0.15, 0.2) is 12.3 Å². The molecule has 0 saturated carbocycles. The lowest BCUT2D eigenvalue weighted by molar-refractivity contribution is -0.118. The minimum atomic E-state index is -0.216. The molecule has 0 radical (unpaired) electrons. The van der Waals surface area contributed by atoms with Crippen LogP contribution in [-0.4, -0.2) is 27.3 Å². The van der Waals surface area contributed by atoms with E-state index >= 15 is 0 Å². The van der Waals surface area contributed by atoms with Gasteiger partial charge in [0.05, 0.1) is 18.1 Å². The maximum absolute atomic E-state index is 12.3. The van der Waals surface area contributed by atoms with E-state index in [0.717, 1.165) is 28.8 Å². The van der Waals surface area contributed by atoms with Gasteiger partial charge in [0.1, 0.15) is 5.75 Å². The molecule has 1 N–H and O–H groups in total. The molecule has 0 spiro atoms. The highest BCUT2D eigenvalue weighted by atomic mass is 16.5. The fourth-order valence-corrected chi connectivity index (χ4v) is 2.97. The Hall–Kier alpha value is -2.89. The highest BCUT2D eigenvalue weighted by molar-refractivity contribution is 5.93. The summed E-state index contributed by atoms with van der Waals surface area (Å²) in [7, 11) is 0. The summed E-state index contributed by atoms with van der Waals surface area (Å²) in [6.07, 6.45) is 4.42. The third-order valence-electron chi connectivity index (χ3n) is 4.63. The van der Waals surface area contributed by atoms with E-state index in [1.54, 1.807) is 12.4 Å². The van der Waals surface area contributed by atoms with Crippen LogP contribution >= 0.6 is 0 Å². The molecule has 0 bridgehead atoms. The van der Waals surface area contributed by atoms with Gasteiger partial charge in [0.2, 0.25) is 0 Å². The van der Waals surface area contributed by atoms with Crippen LogP contribution in [0.3, 0.4) is 0 Å². The predicted molar refractivity (Wildman–Crippen MR) is 107 cm³/mol. The molecule has 0 aliphatic heterocycles. The van der Waals surface area contributed by atoms with Gasteiger partial charge in [-0.05, 0) is 43.9 Å². The van der Waals surface area contributed by atoms with Gasteiger partial charge >= 0.3 is 0 Å². The van der Waals surface area contributed by atoms with Gasteiger partial charge in [-0.2, -0.15) is 5.10 Å². The normalized spacial score (nSPS) is 12.3. The van der Waals surface area contributed by atoms with Gasteiger partial charge in [0, 0.05) is 11.4 Å². The molecule has 6 heteroatoms. The number of nitrogens with one attached hydrogen (secondary N) is 1. The number of pyridine rings is 1. The van der Waals surface area contributed by atoms with Gasteiger partial charge in [0.25, 0.3) is 5.91 Å². The Bertz CT molecular complexity index is 933. The molecule has 0 fully saturated rings. The monoisotopic (exact) mass is 366 g/mol. The number of hydrogen-bond donors (Lipinski definition) is 1. The van der Waals surface area contributed by atoms with Crippen molar-refractivity contribution in [3.63, 3.8) is 0 Å². The van der Waals surface area contributed by atoms with Gasteiger partial charge in [-0.15, -0.1) is 0 Å². The minimum absolute atomic E-state index is 0.0449. The van der Waals surface area contributed by atoms with Crippen LogP contribution in [0.4, 0.5) is 5.69 Å². The molecule has 0 aliphatic rings. The van der Waals surface area contributed by atoms with Crippen LogP contribution in [0, 0.1) is 0 Å². The van der Waals surface area contributed by atoms with Crippen molar-refractivity contribution in [2.75, 3.05) is 11.9 Å². The Labute approximate surface area is 159 Å². The maximum atomic E-state index is 12.3. The van der Waals surface area contributed by atoms with Crippen molar-refractivity contribution in [2.24, 2.45) is 0 Å². The second kappa shape index (κ2) is 8.20. The number of carbonyl (C=O) groups excluding carboxylic acids is 1. The Balaban J connectivity index is 1.66. The van der Waals surface area contributed by atoms with Crippen molar-refractivity contribution >= 4 is 22.6 Å². The number of carbonyl (C=O) groups is 1. The second-order valence-corrected chi connectivity index (χ2v) is 7.00. The zero-order chi connectivity index (χ0) is 19.4. The van der Waals surface area contributed by atoms with Crippen molar-refractivity contribution < 1.29 is 9.53 Å². The SMILES string of the molecule is CCC(C)c1ccccc1OCC(=O)Nc1cnc2c(cnn2C(C)C)c1. The van der Waals surface area contributed by atoms with Crippen LogP contribution in [-0.2, 0) is 4.79 Å². The molecule has 0 aliphatic carbocycles. The number of ether oxygens (including phenoxy) is 1. The molecule has 1 aromatic carbocycles. The molecule has 0 saturated heterocycles. The van der Waals surface area contributed by atoms with E-state index in [-0.39, 0.29) is 18.6 Å². The molecule has 1 amide bonds. The van der Waals surface area contributed by atoms with Crippen molar-refractivity contribution in [3.05, 3.63) is 48.3 Å². The number of benzene rings is 1. The summed E-state index contributed by atoms with van der Waals surface area (Å²) in [4.78, 5) is 16.7. The number of amides is 1. The van der Waals surface area contributed by atoms with Crippen LogP contribution in [0.1, 0.15) is 51.6 Å². The summed E-state index contributed by atoms with van der Waals surface area (Å²) in [5, 5.41) is 8.08. The zero-order valence-electron chi connectivity index (χ0n) is 16.3. The van der Waals surface area contributed by atoms with Gasteiger partial charge < -0.3 is 10.1 Å². The fraction of sp³-hybridized carbons (Fsp3) is 0.381. The summed E-state index contributed by atoms with van der Waals surface area (Å²) in [6, 6.07) is 9.97. The summed E-state index contributed by atoms with van der Waals surface area (Å²) in [5.74, 6) is 0.925. The molecular formula is C21H26N4O2. The van der Waals surface area contributed by atoms with E-state index in [2.05, 4.69) is 43.1 Å². The minimum Gasteiger partial charge on any atom is -0.483 e. The molecule has 6 nitrogen and oxygen atoms in total. The largest absolute Gasteiger partial charge is 0.483 e. The van der Waals surface area contributed by atoms with Gasteiger partial charge in [-0.1, -0.05) is 32.0 Å². The van der Waals surface area contributed by atoms with E-state index < -0.39 is 0 Å². The van der Waals surface area contributed by atoms with Crippen LogP contribution in [0.2, 0.25) is 0 Å². The number of fused-ring (bicyclic) bond motifs is 1. The average molecular weight is 366 g/mol. The quantitative estimate of drug-likeness (QED) is 0.666. The Morgan fingerprint density at radius 1 is 1.22 bits per heavy atom. The first-order valence-electron chi connectivity index (χ1n) is 9.34. The number of hydrogen-bond acceptors (Lipinski definition) is 4. The van der Waals surface area contributed by atoms with E-state index in [9.17, 15) is 4.79 Å². The average Bonchev–Trinajstić information content (AvgIpc) is 3.09. The molecule has 3 aromatic rings. The van der Waals surface area contributed by atoms with Crippen molar-refractivity contribution in [1.29, 1.82) is 0 Å². The summed E-state index contributed by atoms with van der Waals surface area (Å²) < 4.78 is 7.63. The molecular weight excluding hydrogens is 340 g/mol. The van der Waals surface area contributed by atoms with Crippen LogP contribution < -0.4 is 10.1 Å². The standard InChI is InChI=1S/C21H26N4O2/c1-5-15(4)18-8-6-7-9-19(18)27-13-20(26)24-17-10-16-11-23-25(14(2)3)21(16)22-12-17/h6-12,14-15H,5,13H2,1-4H3,(H,24,26). The van der Waals surface area contributed by atoms with E-state index in [1.807, 2.05) is 35.0 Å². The summed E-state index contributed by atoms with van der Waals surface area (Å²) in [6.45, 7) is 8.35. The van der Waals surface area contributed by atoms with Gasteiger partial charge in [-0.3, -0.25) is 4.79 Å². The Morgan fingerprint density at radius 2 is 2.00 bits per heavy atom. The van der Waals surface area contributed by atoms with Crippen LogP contribution in [0.5, 0.6) is 5.75 Å². The first kappa shape index (κ1) is 18.9. The Kier molecular flexibility index (Phi) is 5.74. The Morgan fingerprint density at radius 3 is 2.74 bits per heavy atom. The molecule has 27 heavy (non-hydrogen) atoms. The summed E-state index contributed by atoms with van der Waals surface area (Å²) in [5.41, 5.74) is 2.56. The van der Waals surface area contributed by atoms with Gasteiger partial charge in [-0.25, -0.2) is 9.67 Å². The van der Waals surface area contributed by atoms with E-state index in [4.69, 9.17) is 4.74 Å². The maximum Gasteiger partial charge on any atom is 0.262 e. The second-order valence-electron chi connectivity index (χ2n) is 7.00. The first-order valence-corrected chi connectivity index (χ1v) is 9.34. The summed E-state index contributed by atoms with van der Waals surface area (Å²) >= 11 is 0. The smallest absolute Gasteiger partial charge is 0.262 e. The topological polar surface area (TPSA) is 69.0 Å². The molecule has 1 unspecified atom stereocenters. The number of rotatable bonds is 7. The number of anilines is 1. The fourth-order valence-electron chi connectivity index (χ4n) is 2.97. The predicted octanol–water partition coefficient (Wildman–Crippen LogP) is 4.54. The number of aromatic nitrogens is 3. The molecule has 142 valence electrons. The lowest BCUT2D eigenvalue weighted by atomic mass is 9.98. The lowest BCUT2D eigenvalue weighted by Gasteiger charge is -2.15. The third kappa shape index (κ3) is 4.27. The van der Waals surface area contributed by atoms with Crippen LogP contribution in [0.15, 0.2) is 42.7 Å². The van der Waals surface area contributed by atoms with E-state index in [1.165, 1.54) is 0 Å². The van der Waals surface area contributed by atoms with Crippen molar-refractivity contribution in [3.8, 4) is 5.75 Å². The zero-order valence-corrected chi connectivity index (χ0v) is 16.3. The molecule has 2 aromatic heterocycles. The van der Waals surface area contributed by atoms with Crippen molar-refractivity contribution in [2.45, 2.75) is 46.1 Å². The molecule has 3 rings (SSSR count). The van der Waals surface area contributed by atoms with Crippen LogP contribution in [0.25, 0.3) is 11.0 Å². The van der Waals surface area contributed by atoms with Crippen molar-refractivity contribution in [1.82, 2.24) is 14.8 Å². The third-order valence-corrected chi connectivity index (χ3v) is 4.63. The number of para-hydroxylation sites is 1. The molecule has 2 heterocycles. The first-order chi connectivity index (χ1) is 13.0. The highest BCUT2D eigenvalue weighted by Gasteiger charge is 2.12.